The van der Waals surface area contributed by atoms with Crippen LogP contribution in [0.4, 0.5) is 0 Å². The van der Waals surface area contributed by atoms with Crippen molar-refractivity contribution in [3.63, 3.8) is 0 Å². The van der Waals surface area contributed by atoms with E-state index in [2.05, 4.69) is 14.8 Å². The summed E-state index contributed by atoms with van der Waals surface area (Å²) in [6.45, 7) is 2.10. The van der Waals surface area contributed by atoms with Gasteiger partial charge in [-0.15, -0.1) is 12.4 Å². The van der Waals surface area contributed by atoms with Crippen LogP contribution in [0.25, 0.3) is 0 Å². The second-order valence-corrected chi connectivity index (χ2v) is 5.65. The third kappa shape index (κ3) is 10.4. The van der Waals surface area contributed by atoms with E-state index >= 15 is 0 Å². The Labute approximate surface area is 126 Å². The van der Waals surface area contributed by atoms with Gasteiger partial charge in [-0.3, -0.25) is 4.79 Å². The van der Waals surface area contributed by atoms with E-state index in [9.17, 15) is 13.2 Å². The van der Waals surface area contributed by atoms with Gasteiger partial charge in [0, 0.05) is 40.3 Å². The number of hydrogen-bond donors (Lipinski definition) is 2. The molecule has 0 aromatic rings. The molecule has 0 heterocycles. The van der Waals surface area contributed by atoms with Crippen molar-refractivity contribution in [2.45, 2.75) is 6.42 Å². The normalized spacial score (nSPS) is 11.2. The van der Waals surface area contributed by atoms with Gasteiger partial charge in [0.15, 0.2) is 0 Å². The molecule has 2 N–H and O–H groups in total. The minimum atomic E-state index is -3.55. The van der Waals surface area contributed by atoms with E-state index in [0.717, 1.165) is 4.31 Å². The number of esters is 1. The highest BCUT2D eigenvalue weighted by Gasteiger charge is 2.17. The van der Waals surface area contributed by atoms with Gasteiger partial charge in [0.1, 0.15) is 0 Å². The van der Waals surface area contributed by atoms with Crippen LogP contribution >= 0.6 is 12.4 Å². The maximum Gasteiger partial charge on any atom is 0.306 e. The Balaban J connectivity index is 0. The topological polar surface area (TPSA) is 97.0 Å². The molecule has 20 heavy (non-hydrogen) atoms. The third-order valence-electron chi connectivity index (χ3n) is 2.34. The zero-order valence-corrected chi connectivity index (χ0v) is 13.7. The van der Waals surface area contributed by atoms with Crippen molar-refractivity contribution in [2.24, 2.45) is 0 Å². The maximum atomic E-state index is 11.7. The van der Waals surface area contributed by atoms with Crippen LogP contribution in [0.1, 0.15) is 6.42 Å². The van der Waals surface area contributed by atoms with Gasteiger partial charge in [-0.2, -0.15) is 12.7 Å². The molecule has 0 aromatic carbocycles. The van der Waals surface area contributed by atoms with E-state index in [4.69, 9.17) is 4.74 Å². The average Bonchev–Trinajstić information content (AvgIpc) is 2.39. The third-order valence-corrected chi connectivity index (χ3v) is 3.91. The highest BCUT2D eigenvalue weighted by atomic mass is 35.5. The number of carbonyl (C=O) groups is 1. The first-order valence-corrected chi connectivity index (χ1v) is 7.35. The summed E-state index contributed by atoms with van der Waals surface area (Å²) in [4.78, 5) is 10.9. The first-order valence-electron chi connectivity index (χ1n) is 5.91. The zero-order chi connectivity index (χ0) is 14.7. The molecule has 0 unspecified atom stereocenters. The van der Waals surface area contributed by atoms with E-state index < -0.39 is 16.2 Å². The summed E-state index contributed by atoms with van der Waals surface area (Å²) in [5, 5.41) is 3.01. The molecule has 0 rings (SSSR count). The van der Waals surface area contributed by atoms with E-state index in [0.29, 0.717) is 19.7 Å². The second-order valence-electron chi connectivity index (χ2n) is 3.79. The Morgan fingerprint density at radius 1 is 1.20 bits per heavy atom. The number of ether oxygens (including phenoxy) is 2. The van der Waals surface area contributed by atoms with Crippen molar-refractivity contribution < 1.29 is 22.7 Å². The highest BCUT2D eigenvalue weighted by Crippen LogP contribution is 1.96. The van der Waals surface area contributed by atoms with Gasteiger partial charge in [-0.1, -0.05) is 0 Å². The van der Waals surface area contributed by atoms with Gasteiger partial charge < -0.3 is 14.8 Å². The summed E-state index contributed by atoms with van der Waals surface area (Å²) in [5.41, 5.74) is 0. The molecule has 0 fully saturated rings. The molecular weight excluding hydrogens is 310 g/mol. The van der Waals surface area contributed by atoms with Gasteiger partial charge in [-0.25, -0.2) is 4.72 Å². The fourth-order valence-electron chi connectivity index (χ4n) is 1.15. The zero-order valence-electron chi connectivity index (χ0n) is 12.0. The largest absolute Gasteiger partial charge is 0.469 e. The fraction of sp³-hybridized carbons (Fsp3) is 0.900. The number of rotatable bonds is 11. The number of carbonyl (C=O) groups excluding carboxylic acids is 1. The lowest BCUT2D eigenvalue weighted by atomic mass is 10.4. The van der Waals surface area contributed by atoms with Crippen molar-refractivity contribution in [3.8, 4) is 0 Å². The Bertz CT molecular complexity index is 353. The maximum absolute atomic E-state index is 11.7. The van der Waals surface area contributed by atoms with Gasteiger partial charge in [0.2, 0.25) is 0 Å². The number of halogens is 1. The molecule has 0 saturated carbocycles. The molecule has 0 aliphatic heterocycles. The summed E-state index contributed by atoms with van der Waals surface area (Å²) in [6, 6.07) is 0. The first kappa shape index (κ1) is 21.8. The van der Waals surface area contributed by atoms with Crippen molar-refractivity contribution in [3.05, 3.63) is 0 Å². The molecular formula is C10H24ClN3O5S. The summed E-state index contributed by atoms with van der Waals surface area (Å²) < 4.78 is 36.2. The van der Waals surface area contributed by atoms with Gasteiger partial charge in [0.05, 0.1) is 20.1 Å². The highest BCUT2D eigenvalue weighted by molar-refractivity contribution is 7.87. The van der Waals surface area contributed by atoms with E-state index in [1.54, 1.807) is 7.11 Å². The van der Waals surface area contributed by atoms with E-state index in [-0.39, 0.29) is 31.9 Å². The van der Waals surface area contributed by atoms with Gasteiger partial charge in [-0.05, 0) is 0 Å². The van der Waals surface area contributed by atoms with Crippen LogP contribution in [0.15, 0.2) is 0 Å². The summed E-state index contributed by atoms with van der Waals surface area (Å²) >= 11 is 0. The van der Waals surface area contributed by atoms with Crippen molar-refractivity contribution in [2.75, 3.05) is 54.1 Å². The van der Waals surface area contributed by atoms with Crippen LogP contribution in [0.3, 0.4) is 0 Å². The molecule has 122 valence electrons. The lowest BCUT2D eigenvalue weighted by Gasteiger charge is -2.17. The molecule has 0 aromatic heterocycles. The first-order chi connectivity index (χ1) is 8.94. The van der Waals surface area contributed by atoms with Crippen LogP contribution in [0.2, 0.25) is 0 Å². The summed E-state index contributed by atoms with van der Waals surface area (Å²) in [6.07, 6.45) is 0.0278. The molecule has 0 aliphatic rings. The monoisotopic (exact) mass is 333 g/mol. The smallest absolute Gasteiger partial charge is 0.306 e. The molecule has 0 saturated heterocycles. The minimum absolute atomic E-state index is 0. The van der Waals surface area contributed by atoms with Crippen molar-refractivity contribution in [1.82, 2.24) is 14.3 Å². The van der Waals surface area contributed by atoms with Crippen LogP contribution < -0.4 is 10.0 Å². The van der Waals surface area contributed by atoms with Gasteiger partial charge in [0.25, 0.3) is 10.2 Å². The predicted octanol–water partition coefficient (Wildman–Crippen LogP) is -1.03. The van der Waals surface area contributed by atoms with E-state index in [1.807, 2.05) is 0 Å². The fourth-order valence-corrected chi connectivity index (χ4v) is 2.06. The quantitative estimate of drug-likeness (QED) is 0.371. The van der Waals surface area contributed by atoms with Crippen molar-refractivity contribution >= 4 is 28.6 Å². The lowest BCUT2D eigenvalue weighted by Crippen LogP contribution is -2.42. The molecule has 0 radical (unpaired) electrons. The number of nitrogens with one attached hydrogen (secondary N) is 2. The molecule has 0 atom stereocenters. The molecule has 0 spiro atoms. The molecule has 8 nitrogen and oxygen atoms in total. The molecule has 0 aliphatic carbocycles. The van der Waals surface area contributed by atoms with Crippen molar-refractivity contribution in [1.29, 1.82) is 0 Å². The summed E-state index contributed by atoms with van der Waals surface area (Å²) in [5.74, 6) is -0.441. The average molecular weight is 334 g/mol. The Morgan fingerprint density at radius 2 is 1.85 bits per heavy atom. The number of methoxy groups -OCH3 is 2. The second kappa shape index (κ2) is 12.3. The predicted molar refractivity (Wildman–Crippen MR) is 78.2 cm³/mol. The van der Waals surface area contributed by atoms with E-state index in [1.165, 1.54) is 14.2 Å². The standard InChI is InChI=1S/C10H23N3O5S.ClH/c1-13(8-4-10(14)18-3)19(15,16)12-6-5-11-7-9-17-2;/h11-12H,4-9H2,1-3H3;1H. The Morgan fingerprint density at radius 3 is 2.40 bits per heavy atom. The minimum Gasteiger partial charge on any atom is -0.469 e. The SMILES string of the molecule is COCCNCCNS(=O)(=O)N(C)CCC(=O)OC.Cl. The number of hydrogen-bond acceptors (Lipinski definition) is 6. The number of nitrogens with zero attached hydrogens (tertiary/aromatic N) is 1. The van der Waals surface area contributed by atoms with Gasteiger partial charge >= 0.3 is 5.97 Å². The molecule has 10 heteroatoms. The van der Waals surface area contributed by atoms with Crippen LogP contribution in [-0.2, 0) is 24.5 Å². The molecule has 0 bridgehead atoms. The van der Waals surface area contributed by atoms with Crippen LogP contribution in [-0.4, -0.2) is 72.7 Å². The molecule has 0 amide bonds. The lowest BCUT2D eigenvalue weighted by molar-refractivity contribution is -0.140. The van der Waals surface area contributed by atoms with Crippen LogP contribution in [0.5, 0.6) is 0 Å². The Kier molecular flexibility index (Phi) is 13.4. The Hall–Kier alpha value is -0.450. The summed E-state index contributed by atoms with van der Waals surface area (Å²) in [7, 11) is 0.716. The van der Waals surface area contributed by atoms with Crippen LogP contribution in [0, 0.1) is 0 Å².